The van der Waals surface area contributed by atoms with E-state index in [1.165, 1.54) is 22.3 Å². The zero-order valence-corrected chi connectivity index (χ0v) is 21.7. The first-order valence-electron chi connectivity index (χ1n) is 11.7. The van der Waals surface area contributed by atoms with E-state index in [-0.39, 0.29) is 0 Å². The van der Waals surface area contributed by atoms with Crippen molar-refractivity contribution in [1.82, 2.24) is 15.4 Å². The highest BCUT2D eigenvalue weighted by Gasteiger charge is 2.18. The molecule has 33 heavy (non-hydrogen) atoms. The molecule has 1 heterocycles. The van der Waals surface area contributed by atoms with Gasteiger partial charge in [-0.25, -0.2) is 10.5 Å². The molecule has 0 spiro atoms. The van der Waals surface area contributed by atoms with Crippen molar-refractivity contribution in [3.8, 4) is 0 Å². The van der Waals surface area contributed by atoms with Crippen LogP contribution in [0.15, 0.2) is 59.0 Å². The van der Waals surface area contributed by atoms with Crippen LogP contribution in [-0.4, -0.2) is 38.6 Å². The summed E-state index contributed by atoms with van der Waals surface area (Å²) in [4.78, 5) is 18.8. The molecule has 0 bridgehead atoms. The van der Waals surface area contributed by atoms with E-state index >= 15 is 0 Å². The van der Waals surface area contributed by atoms with E-state index in [0.717, 1.165) is 44.3 Å². The van der Waals surface area contributed by atoms with Crippen LogP contribution in [0, 0.1) is 0 Å². The summed E-state index contributed by atoms with van der Waals surface area (Å²) >= 11 is 1.64. The lowest BCUT2D eigenvalue weighted by atomic mass is 10.0. The van der Waals surface area contributed by atoms with Crippen molar-refractivity contribution in [2.24, 2.45) is 0 Å². The van der Waals surface area contributed by atoms with E-state index < -0.39 is 11.9 Å². The zero-order chi connectivity index (χ0) is 24.5. The van der Waals surface area contributed by atoms with Crippen molar-refractivity contribution < 1.29 is 10.0 Å². The van der Waals surface area contributed by atoms with Gasteiger partial charge in [-0.3, -0.25) is 10.0 Å². The Hall–Kier alpha value is -2.25. The lowest BCUT2D eigenvalue weighted by Gasteiger charge is -2.15. The van der Waals surface area contributed by atoms with Gasteiger partial charge in [0, 0.05) is 23.9 Å². The number of hydrogen-bond donors (Lipinski definition) is 4. The number of amides is 1. The number of hydrogen-bond acceptors (Lipinski definition) is 5. The Balaban J connectivity index is 2.28. The van der Waals surface area contributed by atoms with E-state index in [0.29, 0.717) is 11.7 Å². The van der Waals surface area contributed by atoms with Gasteiger partial charge in [0.1, 0.15) is 6.04 Å². The Morgan fingerprint density at radius 1 is 1.00 bits per heavy atom. The molecule has 1 atom stereocenters. The van der Waals surface area contributed by atoms with Crippen LogP contribution in [0.1, 0.15) is 73.1 Å². The number of rotatable bonds is 16. The first-order chi connectivity index (χ1) is 15.8. The Bertz CT molecular complexity index is 806. The average molecular weight is 475 g/mol. The third-order valence-corrected chi connectivity index (χ3v) is 6.20. The third-order valence-electron chi connectivity index (χ3n) is 5.22. The lowest BCUT2D eigenvalue weighted by Crippen LogP contribution is -2.40. The molecule has 0 saturated heterocycles. The number of nitrogens with zero attached hydrogens (tertiary/aromatic N) is 1. The number of anilines is 1. The molecule has 0 aliphatic carbocycles. The Morgan fingerprint density at radius 3 is 2.09 bits per heavy atom. The number of aromatic nitrogens is 2. The fraction of sp³-hybridized carbons (Fsp3) is 0.538. The van der Waals surface area contributed by atoms with Crippen molar-refractivity contribution in [3.63, 3.8) is 0 Å². The predicted molar refractivity (Wildman–Crippen MR) is 142 cm³/mol. The van der Waals surface area contributed by atoms with Gasteiger partial charge in [-0.1, -0.05) is 46.6 Å². The smallest absolute Gasteiger partial charge is 0.266 e. The van der Waals surface area contributed by atoms with Gasteiger partial charge in [0.15, 0.2) is 0 Å². The molecule has 1 unspecified atom stereocenters. The fourth-order valence-corrected chi connectivity index (χ4v) is 4.15. The first-order valence-corrected chi connectivity index (χ1v) is 12.8. The molecule has 1 aromatic rings. The minimum Gasteiger partial charge on any atom is -0.343 e. The standard InChI is InChI=1S/C26H42N4O2S/c1-20(2)9-6-10-21(3)11-7-12-22(4)13-8-14-23(5)15-18-33-19-24(25(31)30-32)29-26-27-16-17-28-26/h9,11,13,15-17,24,32H,6-8,10,12,14,18-19H2,1-5H3,(H,30,31)(H2,27,28,29). The van der Waals surface area contributed by atoms with Gasteiger partial charge in [-0.2, -0.15) is 11.8 Å². The summed E-state index contributed by atoms with van der Waals surface area (Å²) in [5.41, 5.74) is 7.39. The lowest BCUT2D eigenvalue weighted by molar-refractivity contribution is -0.129. The van der Waals surface area contributed by atoms with Crippen LogP contribution in [0.25, 0.3) is 0 Å². The van der Waals surface area contributed by atoms with Gasteiger partial charge in [0.25, 0.3) is 5.91 Å². The monoisotopic (exact) mass is 474 g/mol. The number of thioether (sulfide) groups is 1. The molecule has 6 nitrogen and oxygen atoms in total. The SMILES string of the molecule is CC(C)=CCCC(C)=CCCC(C)=CCCC(C)=CCSCC(Nc1ncc[nH]1)C(=O)NO. The Kier molecular flexibility index (Phi) is 15.1. The number of carbonyl (C=O) groups is 1. The molecule has 4 N–H and O–H groups in total. The number of carbonyl (C=O) groups excluding carboxylic acids is 1. The van der Waals surface area contributed by atoms with E-state index in [9.17, 15) is 4.79 Å². The number of H-pyrrole nitrogens is 1. The molecule has 184 valence electrons. The molecule has 0 aliphatic rings. The van der Waals surface area contributed by atoms with E-state index in [1.54, 1.807) is 29.6 Å². The van der Waals surface area contributed by atoms with Crippen LogP contribution in [0.3, 0.4) is 0 Å². The summed E-state index contributed by atoms with van der Waals surface area (Å²) in [7, 11) is 0. The van der Waals surface area contributed by atoms with E-state index in [2.05, 4.69) is 74.2 Å². The first kappa shape index (κ1) is 28.8. The van der Waals surface area contributed by atoms with Gasteiger partial charge >= 0.3 is 0 Å². The summed E-state index contributed by atoms with van der Waals surface area (Å²) in [5.74, 6) is 1.38. The van der Waals surface area contributed by atoms with Gasteiger partial charge < -0.3 is 10.3 Å². The summed E-state index contributed by atoms with van der Waals surface area (Å²) in [5, 5.41) is 11.9. The topological polar surface area (TPSA) is 90.0 Å². The highest BCUT2D eigenvalue weighted by Crippen LogP contribution is 2.15. The summed E-state index contributed by atoms with van der Waals surface area (Å²) < 4.78 is 0. The molecule has 0 fully saturated rings. The van der Waals surface area contributed by atoms with Crippen LogP contribution in [0.4, 0.5) is 5.95 Å². The molecular formula is C26H42N4O2S. The van der Waals surface area contributed by atoms with Crippen molar-refractivity contribution in [1.29, 1.82) is 0 Å². The highest BCUT2D eigenvalue weighted by atomic mass is 32.2. The highest BCUT2D eigenvalue weighted by molar-refractivity contribution is 7.99. The minimum atomic E-state index is -0.560. The number of hydroxylamine groups is 1. The van der Waals surface area contributed by atoms with Crippen LogP contribution in [0.2, 0.25) is 0 Å². The third kappa shape index (κ3) is 14.5. The van der Waals surface area contributed by atoms with Gasteiger partial charge in [-0.15, -0.1) is 0 Å². The molecular weight excluding hydrogens is 432 g/mol. The minimum absolute atomic E-state index is 0.474. The van der Waals surface area contributed by atoms with Crippen LogP contribution < -0.4 is 10.8 Å². The van der Waals surface area contributed by atoms with Crippen LogP contribution >= 0.6 is 11.8 Å². The maximum Gasteiger partial charge on any atom is 0.266 e. The van der Waals surface area contributed by atoms with Gasteiger partial charge in [-0.05, 0) is 73.1 Å². The molecule has 7 heteroatoms. The normalized spacial score (nSPS) is 13.6. The molecule has 0 radical (unpaired) electrons. The number of allylic oxidation sites excluding steroid dienone is 7. The average Bonchev–Trinajstić information content (AvgIpc) is 3.28. The number of nitrogens with one attached hydrogen (secondary N) is 3. The molecule has 0 saturated carbocycles. The largest absolute Gasteiger partial charge is 0.343 e. The van der Waals surface area contributed by atoms with Crippen molar-refractivity contribution in [2.75, 3.05) is 16.8 Å². The quantitative estimate of drug-likeness (QED) is 0.0941. The summed E-state index contributed by atoms with van der Waals surface area (Å²) in [6, 6.07) is -0.560. The van der Waals surface area contributed by atoms with Gasteiger partial charge in [0.05, 0.1) is 0 Å². The van der Waals surface area contributed by atoms with Gasteiger partial charge in [0.2, 0.25) is 5.95 Å². The maximum atomic E-state index is 11.8. The Labute approximate surface area is 204 Å². The molecule has 1 amide bonds. The molecule has 1 rings (SSSR count). The molecule has 1 aromatic heterocycles. The zero-order valence-electron chi connectivity index (χ0n) is 20.9. The van der Waals surface area contributed by atoms with Crippen molar-refractivity contribution in [2.45, 2.75) is 79.2 Å². The van der Waals surface area contributed by atoms with E-state index in [1.807, 2.05) is 0 Å². The summed E-state index contributed by atoms with van der Waals surface area (Å²) in [6.45, 7) is 10.9. The van der Waals surface area contributed by atoms with Crippen molar-refractivity contribution >= 4 is 23.6 Å². The van der Waals surface area contributed by atoms with Crippen LogP contribution in [-0.2, 0) is 4.79 Å². The molecule has 0 aliphatic heterocycles. The fourth-order valence-electron chi connectivity index (χ4n) is 3.14. The second-order valence-electron chi connectivity index (χ2n) is 8.70. The van der Waals surface area contributed by atoms with Crippen molar-refractivity contribution in [3.05, 3.63) is 59.0 Å². The number of aromatic amines is 1. The van der Waals surface area contributed by atoms with E-state index in [4.69, 9.17) is 5.21 Å². The second-order valence-corrected chi connectivity index (χ2v) is 9.77. The Morgan fingerprint density at radius 2 is 1.58 bits per heavy atom. The number of imidazole rings is 1. The maximum absolute atomic E-state index is 11.8. The van der Waals surface area contributed by atoms with Crippen LogP contribution in [0.5, 0.6) is 0 Å². The predicted octanol–water partition coefficient (Wildman–Crippen LogP) is 6.57. The summed E-state index contributed by atoms with van der Waals surface area (Å²) in [6.07, 6.45) is 19.2. The molecule has 0 aromatic carbocycles. The second kappa shape index (κ2) is 17.3.